The van der Waals surface area contributed by atoms with Gasteiger partial charge in [-0.05, 0) is 31.6 Å². The summed E-state index contributed by atoms with van der Waals surface area (Å²) < 4.78 is 8.13. The number of aliphatic hydroxyl groups excluding tert-OH is 1. The molecule has 9 nitrogen and oxygen atoms in total. The van der Waals surface area contributed by atoms with Crippen LogP contribution < -0.4 is 4.74 Å². The number of aliphatic hydroxyl groups is 1. The van der Waals surface area contributed by atoms with E-state index in [4.69, 9.17) is 9.72 Å². The van der Waals surface area contributed by atoms with Gasteiger partial charge in [-0.3, -0.25) is 9.78 Å². The molecule has 0 bridgehead atoms. The summed E-state index contributed by atoms with van der Waals surface area (Å²) in [5, 5.41) is 15.0. The summed E-state index contributed by atoms with van der Waals surface area (Å²) in [5.41, 5.74) is 5.04. The Morgan fingerprint density at radius 2 is 2.09 bits per heavy atom. The molecule has 4 aromatic rings. The summed E-state index contributed by atoms with van der Waals surface area (Å²) in [7, 11) is 0. The zero-order chi connectivity index (χ0) is 24.5. The molecule has 4 aromatic heterocycles. The predicted molar refractivity (Wildman–Crippen MR) is 134 cm³/mol. The van der Waals surface area contributed by atoms with Crippen molar-refractivity contribution in [3.63, 3.8) is 0 Å². The largest absolute Gasteiger partial charge is 0.474 e. The zero-order valence-electron chi connectivity index (χ0n) is 19.8. The van der Waals surface area contributed by atoms with E-state index in [1.807, 2.05) is 43.6 Å². The molecular formula is C26H28N6O3. The van der Waals surface area contributed by atoms with Crippen molar-refractivity contribution in [3.05, 3.63) is 61.2 Å². The topological polar surface area (TPSA) is 109 Å². The SMILES string of the molecule is C=C/C(=C\C)c1ccc(-c2cnn3c2nc(OC2CCN(C(=O)C(C)O)CC2)c2cc[nH]c23)cn1. The highest BCUT2D eigenvalue weighted by Crippen LogP contribution is 2.31. The Morgan fingerprint density at radius 1 is 1.29 bits per heavy atom. The van der Waals surface area contributed by atoms with E-state index in [-0.39, 0.29) is 12.0 Å². The van der Waals surface area contributed by atoms with E-state index in [2.05, 4.69) is 21.6 Å². The van der Waals surface area contributed by atoms with Crippen LogP contribution in [0.5, 0.6) is 5.88 Å². The molecule has 9 heteroatoms. The van der Waals surface area contributed by atoms with Gasteiger partial charge in [-0.2, -0.15) is 14.6 Å². The van der Waals surface area contributed by atoms with Crippen LogP contribution in [-0.2, 0) is 4.79 Å². The van der Waals surface area contributed by atoms with E-state index < -0.39 is 6.10 Å². The number of aromatic amines is 1. The number of nitrogens with zero attached hydrogens (tertiary/aromatic N) is 5. The number of carbonyl (C=O) groups excluding carboxylic acids is 1. The Bertz CT molecular complexity index is 1410. The standard InChI is InChI=1S/C26H28N6O3/c1-4-17(5-2)22-7-6-18(14-28-22)21-15-29-32-23-20(8-11-27-23)25(30-24(21)32)35-19-9-12-31(13-10-19)26(34)16(3)33/h4-8,11,14-16,19,27,33H,1,9-10,12-13H2,2-3H3/b17-5+. The quantitative estimate of drug-likeness (QED) is 0.415. The number of amides is 1. The molecule has 0 saturated carbocycles. The molecular weight excluding hydrogens is 444 g/mol. The van der Waals surface area contributed by atoms with Crippen molar-refractivity contribution in [1.82, 2.24) is 29.5 Å². The third kappa shape index (κ3) is 4.19. The number of hydrogen-bond acceptors (Lipinski definition) is 6. The third-order valence-corrected chi connectivity index (χ3v) is 6.41. The summed E-state index contributed by atoms with van der Waals surface area (Å²) in [4.78, 5) is 26.5. The molecule has 5 heterocycles. The molecule has 2 N–H and O–H groups in total. The minimum absolute atomic E-state index is 0.0772. The molecule has 35 heavy (non-hydrogen) atoms. The van der Waals surface area contributed by atoms with E-state index in [0.717, 1.165) is 33.4 Å². The average Bonchev–Trinajstić information content (AvgIpc) is 3.53. The van der Waals surface area contributed by atoms with Crippen molar-refractivity contribution < 1.29 is 14.6 Å². The van der Waals surface area contributed by atoms with Crippen LogP contribution in [-0.4, -0.2) is 65.8 Å². The lowest BCUT2D eigenvalue weighted by molar-refractivity contribution is -0.141. The molecule has 1 saturated heterocycles. The number of ether oxygens (including phenoxy) is 1. The van der Waals surface area contributed by atoms with Gasteiger partial charge in [0.25, 0.3) is 5.91 Å². The first-order valence-corrected chi connectivity index (χ1v) is 11.7. The molecule has 180 valence electrons. The lowest BCUT2D eigenvalue weighted by atomic mass is 10.1. The van der Waals surface area contributed by atoms with Crippen LogP contribution in [0.3, 0.4) is 0 Å². The Balaban J connectivity index is 1.45. The normalized spacial score (nSPS) is 16.1. The third-order valence-electron chi connectivity index (χ3n) is 6.41. The molecule has 0 aromatic carbocycles. The molecule has 1 aliphatic rings. The molecule has 1 fully saturated rings. The molecule has 1 amide bonds. The maximum absolute atomic E-state index is 12.1. The molecule has 0 aliphatic carbocycles. The number of rotatable bonds is 6. The van der Waals surface area contributed by atoms with Gasteiger partial charge in [-0.15, -0.1) is 0 Å². The smallest absolute Gasteiger partial charge is 0.251 e. The van der Waals surface area contributed by atoms with Crippen molar-refractivity contribution in [2.24, 2.45) is 0 Å². The fourth-order valence-electron chi connectivity index (χ4n) is 4.48. The minimum atomic E-state index is -0.985. The van der Waals surface area contributed by atoms with Gasteiger partial charge in [0.15, 0.2) is 5.65 Å². The summed E-state index contributed by atoms with van der Waals surface area (Å²) in [6.07, 6.45) is 9.48. The number of carbonyl (C=O) groups is 1. The molecule has 0 radical (unpaired) electrons. The predicted octanol–water partition coefficient (Wildman–Crippen LogP) is 3.61. The Labute approximate surface area is 202 Å². The zero-order valence-corrected chi connectivity index (χ0v) is 19.8. The van der Waals surface area contributed by atoms with E-state index in [0.29, 0.717) is 37.5 Å². The van der Waals surface area contributed by atoms with Crippen molar-refractivity contribution in [3.8, 4) is 17.0 Å². The van der Waals surface area contributed by atoms with E-state index in [1.165, 1.54) is 6.92 Å². The maximum Gasteiger partial charge on any atom is 0.251 e. The highest BCUT2D eigenvalue weighted by molar-refractivity contribution is 5.88. The fourth-order valence-corrected chi connectivity index (χ4v) is 4.48. The number of aromatic nitrogens is 5. The van der Waals surface area contributed by atoms with Crippen LogP contribution in [0.15, 0.2) is 55.5 Å². The lowest BCUT2D eigenvalue weighted by Crippen LogP contribution is -2.45. The average molecular weight is 473 g/mol. The van der Waals surface area contributed by atoms with E-state index in [9.17, 15) is 9.90 Å². The maximum atomic E-state index is 12.1. The van der Waals surface area contributed by atoms with Crippen LogP contribution in [0.4, 0.5) is 0 Å². The molecule has 1 unspecified atom stereocenters. The van der Waals surface area contributed by atoms with Gasteiger partial charge in [0.05, 0.1) is 17.3 Å². The van der Waals surface area contributed by atoms with Crippen LogP contribution in [0.2, 0.25) is 0 Å². The second kappa shape index (κ2) is 9.34. The van der Waals surface area contributed by atoms with Crippen LogP contribution in [0, 0.1) is 0 Å². The van der Waals surface area contributed by atoms with Gasteiger partial charge in [-0.1, -0.05) is 24.8 Å². The first-order valence-electron chi connectivity index (χ1n) is 11.7. The Kier molecular flexibility index (Phi) is 6.08. The van der Waals surface area contributed by atoms with Gasteiger partial charge in [0.2, 0.25) is 5.88 Å². The number of pyridine rings is 1. The summed E-state index contributed by atoms with van der Waals surface area (Å²) >= 11 is 0. The first-order chi connectivity index (χ1) is 17.0. The molecule has 1 atom stereocenters. The van der Waals surface area contributed by atoms with Crippen LogP contribution >= 0.6 is 0 Å². The second-order valence-corrected chi connectivity index (χ2v) is 8.65. The highest BCUT2D eigenvalue weighted by Gasteiger charge is 2.27. The van der Waals surface area contributed by atoms with Crippen LogP contribution in [0.25, 0.3) is 33.4 Å². The van der Waals surface area contributed by atoms with Crippen molar-refractivity contribution in [1.29, 1.82) is 0 Å². The summed E-state index contributed by atoms with van der Waals surface area (Å²) in [6, 6.07) is 5.89. The van der Waals surface area contributed by atoms with Crippen molar-refractivity contribution in [2.45, 2.75) is 38.9 Å². The molecule has 1 aliphatic heterocycles. The Morgan fingerprint density at radius 3 is 2.74 bits per heavy atom. The number of likely N-dealkylation sites (tertiary alicyclic amines) is 1. The summed E-state index contributed by atoms with van der Waals surface area (Å²) in [6.45, 7) is 8.39. The number of piperidine rings is 1. The number of nitrogens with one attached hydrogen (secondary N) is 1. The Hall–Kier alpha value is -3.98. The van der Waals surface area contributed by atoms with Gasteiger partial charge in [-0.25, -0.2) is 0 Å². The van der Waals surface area contributed by atoms with Crippen LogP contribution in [0.1, 0.15) is 32.4 Å². The fraction of sp³-hybridized carbons (Fsp3) is 0.308. The molecule has 0 spiro atoms. The van der Waals surface area contributed by atoms with Crippen molar-refractivity contribution in [2.75, 3.05) is 13.1 Å². The van der Waals surface area contributed by atoms with Crippen molar-refractivity contribution >= 4 is 28.2 Å². The lowest BCUT2D eigenvalue weighted by Gasteiger charge is -2.32. The summed E-state index contributed by atoms with van der Waals surface area (Å²) in [5.74, 6) is 0.289. The second-order valence-electron chi connectivity index (χ2n) is 8.65. The van der Waals surface area contributed by atoms with Gasteiger partial charge in [0, 0.05) is 49.5 Å². The molecule has 5 rings (SSSR count). The first kappa shape index (κ1) is 22.8. The van der Waals surface area contributed by atoms with E-state index >= 15 is 0 Å². The van der Waals surface area contributed by atoms with Gasteiger partial charge >= 0.3 is 0 Å². The van der Waals surface area contributed by atoms with Gasteiger partial charge in [0.1, 0.15) is 17.9 Å². The van der Waals surface area contributed by atoms with E-state index in [1.54, 1.807) is 21.7 Å². The number of hydrogen-bond donors (Lipinski definition) is 2. The number of allylic oxidation sites excluding steroid dienone is 3. The van der Waals surface area contributed by atoms with Gasteiger partial charge < -0.3 is 19.7 Å². The number of fused-ring (bicyclic) bond motifs is 3. The minimum Gasteiger partial charge on any atom is -0.474 e. The monoisotopic (exact) mass is 472 g/mol. The highest BCUT2D eigenvalue weighted by atomic mass is 16.5. The number of H-pyrrole nitrogens is 1.